The topological polar surface area (TPSA) is 37.4 Å². The van der Waals surface area contributed by atoms with E-state index in [1.807, 2.05) is 11.0 Å². The van der Waals surface area contributed by atoms with Gasteiger partial charge in [0, 0.05) is 19.5 Å². The average Bonchev–Trinajstić information content (AvgIpc) is 2.85. The van der Waals surface area contributed by atoms with Gasteiger partial charge >= 0.3 is 0 Å². The molecule has 17 heavy (non-hydrogen) atoms. The minimum atomic E-state index is -0.940. The maximum absolute atomic E-state index is 12.5. The predicted octanol–water partition coefficient (Wildman–Crippen LogP) is 2.09. The Bertz CT molecular complexity index is 366. The number of rotatable bonds is 3. The Morgan fingerprint density at radius 3 is 2.76 bits per heavy atom. The molecule has 1 atom stereocenters. The first-order chi connectivity index (χ1) is 8.20. The van der Waals surface area contributed by atoms with E-state index in [0.717, 1.165) is 32.4 Å². The van der Waals surface area contributed by atoms with Crippen molar-refractivity contribution in [3.63, 3.8) is 0 Å². The van der Waals surface area contributed by atoms with E-state index in [0.29, 0.717) is 12.8 Å². The zero-order chi connectivity index (χ0) is 12.3. The number of hydrogen-bond acceptors (Lipinski definition) is 2. The van der Waals surface area contributed by atoms with Gasteiger partial charge in [0.15, 0.2) is 5.78 Å². The Morgan fingerprint density at radius 1 is 1.47 bits per heavy atom. The number of ketones is 1. The lowest BCUT2D eigenvalue weighted by Gasteiger charge is -2.33. The van der Waals surface area contributed by atoms with Gasteiger partial charge in [0.2, 0.25) is 5.91 Å². The lowest BCUT2D eigenvalue weighted by Crippen LogP contribution is -2.47. The number of allylic oxidation sites excluding steroid dienone is 2. The highest BCUT2D eigenvalue weighted by molar-refractivity contribution is 6.08. The molecule has 0 aromatic heterocycles. The molecule has 1 aliphatic carbocycles. The van der Waals surface area contributed by atoms with Crippen molar-refractivity contribution in [1.82, 2.24) is 4.90 Å². The third-order valence-electron chi connectivity index (χ3n) is 3.68. The van der Waals surface area contributed by atoms with Crippen molar-refractivity contribution in [3.05, 3.63) is 24.8 Å². The molecular weight excluding hydrogens is 214 g/mol. The number of amides is 1. The second kappa shape index (κ2) is 4.86. The third kappa shape index (κ3) is 2.06. The van der Waals surface area contributed by atoms with E-state index < -0.39 is 5.41 Å². The monoisotopic (exact) mass is 233 g/mol. The first-order valence-electron chi connectivity index (χ1n) is 6.32. The summed E-state index contributed by atoms with van der Waals surface area (Å²) in [7, 11) is 0. The molecule has 0 N–H and O–H groups in total. The normalized spacial score (nSPS) is 28.5. The van der Waals surface area contributed by atoms with Crippen LogP contribution in [0.5, 0.6) is 0 Å². The van der Waals surface area contributed by atoms with Gasteiger partial charge in [-0.3, -0.25) is 9.59 Å². The molecule has 3 nitrogen and oxygen atoms in total. The fourth-order valence-corrected chi connectivity index (χ4v) is 2.70. The van der Waals surface area contributed by atoms with Crippen LogP contribution in [0.4, 0.5) is 0 Å². The average molecular weight is 233 g/mol. The van der Waals surface area contributed by atoms with Crippen molar-refractivity contribution in [2.24, 2.45) is 5.41 Å². The van der Waals surface area contributed by atoms with Crippen molar-refractivity contribution in [1.29, 1.82) is 0 Å². The fourth-order valence-electron chi connectivity index (χ4n) is 2.70. The minimum Gasteiger partial charge on any atom is -0.342 e. The first-order valence-corrected chi connectivity index (χ1v) is 6.32. The van der Waals surface area contributed by atoms with E-state index in [4.69, 9.17) is 0 Å². The predicted molar refractivity (Wildman–Crippen MR) is 66.4 cm³/mol. The summed E-state index contributed by atoms with van der Waals surface area (Å²) in [4.78, 5) is 26.5. The van der Waals surface area contributed by atoms with Gasteiger partial charge < -0.3 is 4.90 Å². The first kappa shape index (κ1) is 12.1. The third-order valence-corrected chi connectivity index (χ3v) is 3.68. The lowest BCUT2D eigenvalue weighted by molar-refractivity contribution is -0.146. The maximum Gasteiger partial charge on any atom is 0.240 e. The number of likely N-dealkylation sites (tertiary alicyclic amines) is 1. The lowest BCUT2D eigenvalue weighted by atomic mass is 9.74. The molecule has 92 valence electrons. The highest BCUT2D eigenvalue weighted by Crippen LogP contribution is 2.35. The van der Waals surface area contributed by atoms with E-state index in [1.54, 1.807) is 12.2 Å². The molecule has 1 aliphatic heterocycles. The van der Waals surface area contributed by atoms with E-state index in [-0.39, 0.29) is 11.7 Å². The van der Waals surface area contributed by atoms with Gasteiger partial charge in [-0.25, -0.2) is 0 Å². The van der Waals surface area contributed by atoms with Gasteiger partial charge in [0.05, 0.1) is 0 Å². The number of nitrogens with zero attached hydrogens (tertiary/aromatic N) is 1. The standard InChI is InChI=1S/C14H19NO2/c1-2-8-14(9-4-3-7-12(14)16)13(17)15-10-5-6-11-15/h2,4,9H,1,3,5-8,10-11H2. The molecule has 0 spiro atoms. The molecular formula is C14H19NO2. The Hall–Kier alpha value is -1.38. The molecule has 0 bridgehead atoms. The summed E-state index contributed by atoms with van der Waals surface area (Å²) in [6, 6.07) is 0. The Labute approximate surface area is 102 Å². The smallest absolute Gasteiger partial charge is 0.240 e. The molecule has 0 aromatic carbocycles. The van der Waals surface area contributed by atoms with Gasteiger partial charge in [-0.05, 0) is 25.7 Å². The van der Waals surface area contributed by atoms with Crippen LogP contribution in [0.1, 0.15) is 32.1 Å². The molecule has 1 fully saturated rings. The molecule has 1 unspecified atom stereocenters. The van der Waals surface area contributed by atoms with Crippen LogP contribution < -0.4 is 0 Å². The number of Topliss-reactive ketones (excluding diaryl/α,β-unsaturated/α-hetero) is 1. The maximum atomic E-state index is 12.5. The van der Waals surface area contributed by atoms with Crippen molar-refractivity contribution < 1.29 is 9.59 Å². The summed E-state index contributed by atoms with van der Waals surface area (Å²) in [6.07, 6.45) is 9.20. The van der Waals surface area contributed by atoms with Crippen molar-refractivity contribution >= 4 is 11.7 Å². The Kier molecular flexibility index (Phi) is 3.46. The van der Waals surface area contributed by atoms with Gasteiger partial charge in [-0.2, -0.15) is 0 Å². The van der Waals surface area contributed by atoms with Crippen LogP contribution >= 0.6 is 0 Å². The second-order valence-corrected chi connectivity index (χ2v) is 4.83. The molecule has 3 heteroatoms. The number of hydrogen-bond donors (Lipinski definition) is 0. The van der Waals surface area contributed by atoms with E-state index in [2.05, 4.69) is 6.58 Å². The van der Waals surface area contributed by atoms with E-state index in [9.17, 15) is 9.59 Å². The van der Waals surface area contributed by atoms with Crippen molar-refractivity contribution in [2.75, 3.05) is 13.1 Å². The molecule has 2 rings (SSSR count). The fraction of sp³-hybridized carbons (Fsp3) is 0.571. The summed E-state index contributed by atoms with van der Waals surface area (Å²) >= 11 is 0. The summed E-state index contributed by atoms with van der Waals surface area (Å²) in [5.74, 6) is 0.0349. The van der Waals surface area contributed by atoms with Gasteiger partial charge in [0.25, 0.3) is 0 Å². The number of carbonyl (C=O) groups is 2. The van der Waals surface area contributed by atoms with Crippen LogP contribution in [0, 0.1) is 5.41 Å². The molecule has 1 amide bonds. The molecule has 0 aromatic rings. The summed E-state index contributed by atoms with van der Waals surface area (Å²) in [5, 5.41) is 0. The van der Waals surface area contributed by atoms with Gasteiger partial charge in [-0.15, -0.1) is 6.58 Å². The van der Waals surface area contributed by atoms with Crippen LogP contribution in [0.2, 0.25) is 0 Å². The van der Waals surface area contributed by atoms with Crippen molar-refractivity contribution in [2.45, 2.75) is 32.1 Å². The van der Waals surface area contributed by atoms with Crippen LogP contribution in [-0.2, 0) is 9.59 Å². The van der Waals surface area contributed by atoms with Gasteiger partial charge in [0.1, 0.15) is 5.41 Å². The highest BCUT2D eigenvalue weighted by atomic mass is 16.2. The van der Waals surface area contributed by atoms with Crippen LogP contribution in [0.25, 0.3) is 0 Å². The van der Waals surface area contributed by atoms with Crippen LogP contribution in [-0.4, -0.2) is 29.7 Å². The van der Waals surface area contributed by atoms with Crippen molar-refractivity contribution in [3.8, 4) is 0 Å². The molecule has 1 heterocycles. The molecule has 0 saturated carbocycles. The van der Waals surface area contributed by atoms with Crippen LogP contribution in [0.15, 0.2) is 24.8 Å². The summed E-state index contributed by atoms with van der Waals surface area (Å²) < 4.78 is 0. The minimum absolute atomic E-state index is 0.0177. The van der Waals surface area contributed by atoms with Gasteiger partial charge in [-0.1, -0.05) is 18.2 Å². The summed E-state index contributed by atoms with van der Waals surface area (Å²) in [5.41, 5.74) is -0.940. The second-order valence-electron chi connectivity index (χ2n) is 4.83. The summed E-state index contributed by atoms with van der Waals surface area (Å²) in [6.45, 7) is 5.27. The quantitative estimate of drug-likeness (QED) is 0.553. The zero-order valence-electron chi connectivity index (χ0n) is 10.2. The number of carbonyl (C=O) groups excluding carboxylic acids is 2. The van der Waals surface area contributed by atoms with Crippen LogP contribution in [0.3, 0.4) is 0 Å². The van der Waals surface area contributed by atoms with E-state index >= 15 is 0 Å². The SMILES string of the molecule is C=CCC1(C(=O)N2CCCC2)C=CCCC1=O. The van der Waals surface area contributed by atoms with E-state index in [1.165, 1.54) is 0 Å². The highest BCUT2D eigenvalue weighted by Gasteiger charge is 2.45. The Morgan fingerprint density at radius 2 is 2.18 bits per heavy atom. The molecule has 0 radical (unpaired) electrons. The zero-order valence-corrected chi connectivity index (χ0v) is 10.2. The largest absolute Gasteiger partial charge is 0.342 e. The molecule has 1 saturated heterocycles. The Balaban J connectivity index is 2.29. The molecule has 2 aliphatic rings.